The number of nitrogens with one attached hydrogen (secondary N) is 2. The molecule has 1 aromatic rings. The second-order valence-corrected chi connectivity index (χ2v) is 6.55. The maximum Gasteiger partial charge on any atom is 0.252 e. The Morgan fingerprint density at radius 2 is 2.11 bits per heavy atom. The van der Waals surface area contributed by atoms with E-state index in [9.17, 15) is 9.59 Å². The first-order valence-electron chi connectivity index (χ1n) is 6.09. The lowest BCUT2D eigenvalue weighted by Gasteiger charge is -2.07. The largest absolute Gasteiger partial charge is 0.353 e. The molecule has 1 saturated carbocycles. The molecule has 0 atom stereocenters. The molecule has 1 fully saturated rings. The van der Waals surface area contributed by atoms with Crippen LogP contribution in [0, 0.1) is 3.57 Å². The van der Waals surface area contributed by atoms with Gasteiger partial charge < -0.3 is 10.6 Å². The molecule has 1 aliphatic carbocycles. The summed E-state index contributed by atoms with van der Waals surface area (Å²) in [5.74, 6) is -0.142. The van der Waals surface area contributed by atoms with Crippen molar-refractivity contribution in [3.63, 3.8) is 0 Å². The molecular weight excluding hydrogens is 423 g/mol. The lowest BCUT2D eigenvalue weighted by atomic mass is 10.2. The first-order chi connectivity index (χ1) is 9.06. The highest BCUT2D eigenvalue weighted by Crippen LogP contribution is 2.19. The highest BCUT2D eigenvalue weighted by molar-refractivity contribution is 14.1. The van der Waals surface area contributed by atoms with Crippen LogP contribution in [0.15, 0.2) is 22.7 Å². The number of benzene rings is 1. The molecule has 0 radical (unpaired) electrons. The Hall–Kier alpha value is -0.630. The fraction of sp³-hybridized carbons (Fsp3) is 0.385. The van der Waals surface area contributed by atoms with E-state index < -0.39 is 0 Å². The van der Waals surface area contributed by atoms with Crippen molar-refractivity contribution < 1.29 is 9.59 Å². The zero-order valence-corrected chi connectivity index (χ0v) is 14.0. The van der Waals surface area contributed by atoms with Crippen LogP contribution in [0.25, 0.3) is 0 Å². The zero-order valence-electron chi connectivity index (χ0n) is 10.2. The minimum absolute atomic E-state index is 0.00624. The predicted octanol–water partition coefficient (Wildman–Crippen LogP) is 2.45. The summed E-state index contributed by atoms with van der Waals surface area (Å²) in [6.07, 6.45) is 2.48. The van der Waals surface area contributed by atoms with Crippen LogP contribution in [-0.4, -0.2) is 24.4 Å². The van der Waals surface area contributed by atoms with Crippen molar-refractivity contribution >= 4 is 50.3 Å². The van der Waals surface area contributed by atoms with Crippen molar-refractivity contribution in [1.29, 1.82) is 0 Å². The Bertz CT molecular complexity index is 503. The van der Waals surface area contributed by atoms with Gasteiger partial charge in [-0.05, 0) is 53.6 Å². The minimum Gasteiger partial charge on any atom is -0.353 e. The zero-order chi connectivity index (χ0) is 13.8. The third-order valence-corrected chi connectivity index (χ3v) is 4.19. The Labute approximate surface area is 134 Å². The van der Waals surface area contributed by atoms with Gasteiger partial charge in [0, 0.05) is 27.1 Å². The highest BCUT2D eigenvalue weighted by atomic mass is 127. The molecule has 1 aliphatic rings. The quantitative estimate of drug-likeness (QED) is 0.696. The van der Waals surface area contributed by atoms with Gasteiger partial charge in [-0.3, -0.25) is 9.59 Å². The molecule has 2 amide bonds. The summed E-state index contributed by atoms with van der Waals surface area (Å²) in [7, 11) is 0. The van der Waals surface area contributed by atoms with E-state index in [0.717, 1.165) is 20.9 Å². The highest BCUT2D eigenvalue weighted by Gasteiger charge is 2.22. The summed E-state index contributed by atoms with van der Waals surface area (Å²) in [5.41, 5.74) is 0.623. The van der Waals surface area contributed by atoms with E-state index in [4.69, 9.17) is 0 Å². The molecule has 0 unspecified atom stereocenters. The Balaban J connectivity index is 1.80. The Morgan fingerprint density at radius 1 is 1.37 bits per heavy atom. The van der Waals surface area contributed by atoms with Crippen molar-refractivity contribution in [2.45, 2.75) is 25.3 Å². The summed E-state index contributed by atoms with van der Waals surface area (Å²) in [4.78, 5) is 23.4. The van der Waals surface area contributed by atoms with Crippen LogP contribution < -0.4 is 10.6 Å². The fourth-order valence-corrected chi connectivity index (χ4v) is 2.53. The summed E-state index contributed by atoms with van der Waals surface area (Å²) < 4.78 is 1.75. The van der Waals surface area contributed by atoms with Gasteiger partial charge in [-0.1, -0.05) is 15.9 Å². The first kappa shape index (κ1) is 14.8. The van der Waals surface area contributed by atoms with Gasteiger partial charge in [0.05, 0.1) is 5.56 Å². The van der Waals surface area contributed by atoms with Crippen molar-refractivity contribution in [1.82, 2.24) is 10.6 Å². The second kappa shape index (κ2) is 6.69. The van der Waals surface area contributed by atoms with Crippen LogP contribution in [0.2, 0.25) is 0 Å². The number of hydrogen-bond acceptors (Lipinski definition) is 2. The SMILES string of the molecule is O=C(CCNC(=O)c1cc(Br)ccc1I)NC1CC1. The van der Waals surface area contributed by atoms with E-state index >= 15 is 0 Å². The van der Waals surface area contributed by atoms with Crippen LogP contribution in [0.5, 0.6) is 0 Å². The number of hydrogen-bond donors (Lipinski definition) is 2. The molecule has 0 aromatic heterocycles. The molecule has 0 heterocycles. The number of amides is 2. The number of carbonyl (C=O) groups is 2. The van der Waals surface area contributed by atoms with Crippen molar-refractivity contribution in [2.75, 3.05) is 6.54 Å². The van der Waals surface area contributed by atoms with Crippen molar-refractivity contribution in [2.24, 2.45) is 0 Å². The topological polar surface area (TPSA) is 58.2 Å². The first-order valence-corrected chi connectivity index (χ1v) is 7.96. The van der Waals surface area contributed by atoms with E-state index in [1.807, 2.05) is 12.1 Å². The molecule has 0 spiro atoms. The normalized spacial score (nSPS) is 14.0. The summed E-state index contributed by atoms with van der Waals surface area (Å²) in [6.45, 7) is 0.361. The molecule has 2 N–H and O–H groups in total. The van der Waals surface area contributed by atoms with Gasteiger partial charge >= 0.3 is 0 Å². The minimum atomic E-state index is -0.148. The molecule has 0 aliphatic heterocycles. The third-order valence-electron chi connectivity index (χ3n) is 2.75. The summed E-state index contributed by atoms with van der Waals surface area (Å²) >= 11 is 5.46. The summed E-state index contributed by atoms with van der Waals surface area (Å²) in [5, 5.41) is 5.65. The fourth-order valence-electron chi connectivity index (χ4n) is 1.58. The lowest BCUT2D eigenvalue weighted by molar-refractivity contribution is -0.121. The van der Waals surface area contributed by atoms with Crippen LogP contribution in [0.4, 0.5) is 0 Å². The van der Waals surface area contributed by atoms with Crippen LogP contribution in [0.3, 0.4) is 0 Å². The molecule has 19 heavy (non-hydrogen) atoms. The van der Waals surface area contributed by atoms with E-state index in [2.05, 4.69) is 49.2 Å². The van der Waals surface area contributed by atoms with Crippen LogP contribution in [-0.2, 0) is 4.79 Å². The molecular formula is C13H14BrIN2O2. The number of rotatable bonds is 5. The molecule has 1 aromatic carbocycles. The van der Waals surface area contributed by atoms with Gasteiger partial charge in [0.25, 0.3) is 5.91 Å². The van der Waals surface area contributed by atoms with Crippen molar-refractivity contribution in [3.8, 4) is 0 Å². The molecule has 2 rings (SSSR count). The second-order valence-electron chi connectivity index (χ2n) is 4.47. The van der Waals surface area contributed by atoms with E-state index in [-0.39, 0.29) is 11.8 Å². The molecule has 102 valence electrons. The Morgan fingerprint density at radius 3 is 2.79 bits per heavy atom. The standard InChI is InChI=1S/C13H14BrIN2O2/c14-8-1-4-11(15)10(7-8)13(19)16-6-5-12(18)17-9-2-3-9/h1,4,7,9H,2-3,5-6H2,(H,16,19)(H,17,18). The van der Waals surface area contributed by atoms with Gasteiger partial charge in [-0.2, -0.15) is 0 Å². The maximum atomic E-state index is 12.0. The van der Waals surface area contributed by atoms with E-state index in [1.54, 1.807) is 6.07 Å². The molecule has 0 bridgehead atoms. The van der Waals surface area contributed by atoms with E-state index in [1.165, 1.54) is 0 Å². The van der Waals surface area contributed by atoms with E-state index in [0.29, 0.717) is 24.6 Å². The average molecular weight is 437 g/mol. The van der Waals surface area contributed by atoms with Gasteiger partial charge in [-0.15, -0.1) is 0 Å². The predicted molar refractivity (Wildman–Crippen MR) is 85.0 cm³/mol. The van der Waals surface area contributed by atoms with Crippen LogP contribution in [0.1, 0.15) is 29.6 Å². The summed E-state index contributed by atoms with van der Waals surface area (Å²) in [6, 6.07) is 5.91. The Kier molecular flexibility index (Phi) is 5.20. The van der Waals surface area contributed by atoms with Crippen LogP contribution >= 0.6 is 38.5 Å². The van der Waals surface area contributed by atoms with Gasteiger partial charge in [0.1, 0.15) is 0 Å². The molecule has 0 saturated heterocycles. The smallest absolute Gasteiger partial charge is 0.252 e. The average Bonchev–Trinajstić information content (AvgIpc) is 3.16. The van der Waals surface area contributed by atoms with Gasteiger partial charge in [-0.25, -0.2) is 0 Å². The monoisotopic (exact) mass is 436 g/mol. The maximum absolute atomic E-state index is 12.0. The van der Waals surface area contributed by atoms with Gasteiger partial charge in [0.2, 0.25) is 5.91 Å². The third kappa shape index (κ3) is 4.76. The molecule has 4 nitrogen and oxygen atoms in total. The number of halogens is 2. The molecule has 6 heteroatoms. The van der Waals surface area contributed by atoms with Crippen molar-refractivity contribution in [3.05, 3.63) is 31.8 Å². The lowest BCUT2D eigenvalue weighted by Crippen LogP contribution is -2.31. The van der Waals surface area contributed by atoms with Gasteiger partial charge in [0.15, 0.2) is 0 Å². The number of carbonyl (C=O) groups excluding carboxylic acids is 2.